The number of furan rings is 1. The van der Waals surface area contributed by atoms with Gasteiger partial charge in [-0.2, -0.15) is 11.8 Å². The van der Waals surface area contributed by atoms with Gasteiger partial charge in [0, 0.05) is 12.3 Å². The van der Waals surface area contributed by atoms with Gasteiger partial charge in [0.25, 0.3) is 0 Å². The van der Waals surface area contributed by atoms with Gasteiger partial charge in [-0.1, -0.05) is 0 Å². The second-order valence-electron chi connectivity index (χ2n) is 3.26. The minimum atomic E-state index is 0.0683. The van der Waals surface area contributed by atoms with Crippen LogP contribution in [0.1, 0.15) is 10.6 Å². The van der Waals surface area contributed by atoms with Gasteiger partial charge in [-0.15, -0.1) is 0 Å². The molecule has 0 saturated heterocycles. The number of ketones is 1. The van der Waals surface area contributed by atoms with Crippen LogP contribution in [0.4, 0.5) is 0 Å². The van der Waals surface area contributed by atoms with Gasteiger partial charge in [0.1, 0.15) is 0 Å². The molecular formula is C10H15NO2S. The Kier molecular flexibility index (Phi) is 4.76. The number of hydrogen-bond acceptors (Lipinski definition) is 4. The highest BCUT2D eigenvalue weighted by Crippen LogP contribution is 2.07. The maximum absolute atomic E-state index is 11.4. The summed E-state index contributed by atoms with van der Waals surface area (Å²) in [7, 11) is 4.05. The van der Waals surface area contributed by atoms with Crippen molar-refractivity contribution >= 4 is 17.5 Å². The molecule has 1 aromatic rings. The van der Waals surface area contributed by atoms with E-state index in [-0.39, 0.29) is 5.78 Å². The highest BCUT2D eigenvalue weighted by Gasteiger charge is 2.07. The van der Waals surface area contributed by atoms with E-state index < -0.39 is 0 Å². The normalized spacial score (nSPS) is 10.8. The van der Waals surface area contributed by atoms with Crippen LogP contribution in [0.3, 0.4) is 0 Å². The molecule has 0 fully saturated rings. The van der Waals surface area contributed by atoms with Crippen LogP contribution in [0.25, 0.3) is 0 Å². The average molecular weight is 213 g/mol. The van der Waals surface area contributed by atoms with Gasteiger partial charge in [-0.25, -0.2) is 0 Å². The molecule has 0 aliphatic rings. The zero-order valence-corrected chi connectivity index (χ0v) is 9.34. The van der Waals surface area contributed by atoms with Gasteiger partial charge in [0.15, 0.2) is 5.76 Å². The van der Waals surface area contributed by atoms with E-state index in [2.05, 4.69) is 4.90 Å². The number of hydrogen-bond donors (Lipinski definition) is 0. The van der Waals surface area contributed by atoms with Crippen molar-refractivity contribution in [1.29, 1.82) is 0 Å². The molecule has 0 saturated carbocycles. The largest absolute Gasteiger partial charge is 0.461 e. The molecule has 3 nitrogen and oxygen atoms in total. The molecular weight excluding hydrogens is 198 g/mol. The maximum Gasteiger partial charge on any atom is 0.207 e. The van der Waals surface area contributed by atoms with Crippen LogP contribution in [-0.4, -0.2) is 42.8 Å². The number of rotatable bonds is 6. The Hall–Kier alpha value is -0.740. The fourth-order valence-electron chi connectivity index (χ4n) is 0.920. The van der Waals surface area contributed by atoms with Crippen molar-refractivity contribution in [2.24, 2.45) is 0 Å². The third kappa shape index (κ3) is 3.98. The van der Waals surface area contributed by atoms with E-state index in [0.717, 1.165) is 12.3 Å². The van der Waals surface area contributed by atoms with Crippen molar-refractivity contribution in [2.45, 2.75) is 0 Å². The van der Waals surface area contributed by atoms with E-state index in [0.29, 0.717) is 11.5 Å². The molecule has 0 unspecified atom stereocenters. The van der Waals surface area contributed by atoms with Crippen LogP contribution in [-0.2, 0) is 0 Å². The summed E-state index contributed by atoms with van der Waals surface area (Å²) in [6, 6.07) is 3.44. The predicted octanol–water partition coefficient (Wildman–Crippen LogP) is 1.76. The molecule has 0 N–H and O–H groups in total. The monoisotopic (exact) mass is 213 g/mol. The van der Waals surface area contributed by atoms with E-state index in [1.54, 1.807) is 23.9 Å². The summed E-state index contributed by atoms with van der Waals surface area (Å²) in [5, 5.41) is 0. The molecule has 0 aliphatic carbocycles. The Morgan fingerprint density at radius 3 is 2.93 bits per heavy atom. The van der Waals surface area contributed by atoms with Crippen LogP contribution in [0.2, 0.25) is 0 Å². The number of carbonyl (C=O) groups excluding carboxylic acids is 1. The zero-order valence-electron chi connectivity index (χ0n) is 8.53. The third-order valence-electron chi connectivity index (χ3n) is 1.71. The summed E-state index contributed by atoms with van der Waals surface area (Å²) in [5.74, 6) is 2.00. The number of nitrogens with zero attached hydrogens (tertiary/aromatic N) is 1. The van der Waals surface area contributed by atoms with Crippen LogP contribution in [0.5, 0.6) is 0 Å². The van der Waals surface area contributed by atoms with Crippen molar-refractivity contribution in [3.8, 4) is 0 Å². The van der Waals surface area contributed by atoms with Crippen molar-refractivity contribution in [3.05, 3.63) is 24.2 Å². The lowest BCUT2D eigenvalue weighted by molar-refractivity contribution is 0.0992. The number of carbonyl (C=O) groups is 1. The first-order valence-electron chi connectivity index (χ1n) is 4.49. The van der Waals surface area contributed by atoms with Crippen LogP contribution in [0, 0.1) is 0 Å². The van der Waals surface area contributed by atoms with Crippen molar-refractivity contribution in [1.82, 2.24) is 4.90 Å². The van der Waals surface area contributed by atoms with Gasteiger partial charge < -0.3 is 9.32 Å². The zero-order chi connectivity index (χ0) is 10.4. The van der Waals surface area contributed by atoms with E-state index in [1.165, 1.54) is 6.26 Å². The smallest absolute Gasteiger partial charge is 0.207 e. The summed E-state index contributed by atoms with van der Waals surface area (Å²) in [5.41, 5.74) is 0. The Balaban J connectivity index is 2.16. The van der Waals surface area contributed by atoms with Crippen molar-refractivity contribution in [3.63, 3.8) is 0 Å². The maximum atomic E-state index is 11.4. The summed E-state index contributed by atoms with van der Waals surface area (Å²) in [6.45, 7) is 0.996. The first-order valence-corrected chi connectivity index (χ1v) is 5.65. The molecule has 0 radical (unpaired) electrons. The van der Waals surface area contributed by atoms with E-state index >= 15 is 0 Å². The Bertz CT molecular complexity index is 270. The lowest BCUT2D eigenvalue weighted by Gasteiger charge is -2.07. The highest BCUT2D eigenvalue weighted by molar-refractivity contribution is 8.00. The van der Waals surface area contributed by atoms with Crippen molar-refractivity contribution in [2.75, 3.05) is 32.1 Å². The SMILES string of the molecule is CN(C)CCSCC(=O)c1ccco1. The Labute approximate surface area is 88.5 Å². The summed E-state index contributed by atoms with van der Waals surface area (Å²) in [6.07, 6.45) is 1.53. The molecule has 0 atom stereocenters. The summed E-state index contributed by atoms with van der Waals surface area (Å²) in [4.78, 5) is 13.5. The van der Waals surface area contributed by atoms with E-state index in [4.69, 9.17) is 4.42 Å². The molecule has 0 aromatic carbocycles. The van der Waals surface area contributed by atoms with Gasteiger partial charge >= 0.3 is 0 Å². The third-order valence-corrected chi connectivity index (χ3v) is 2.65. The van der Waals surface area contributed by atoms with Crippen LogP contribution in [0.15, 0.2) is 22.8 Å². The molecule has 0 amide bonds. The molecule has 1 rings (SSSR count). The number of Topliss-reactive ketones (excluding diaryl/α,β-unsaturated/α-hetero) is 1. The molecule has 0 aliphatic heterocycles. The Morgan fingerprint density at radius 2 is 2.36 bits per heavy atom. The quantitative estimate of drug-likeness (QED) is 0.532. The predicted molar refractivity (Wildman–Crippen MR) is 58.9 cm³/mol. The second kappa shape index (κ2) is 5.88. The Morgan fingerprint density at radius 1 is 1.57 bits per heavy atom. The first kappa shape index (κ1) is 11.3. The van der Waals surface area contributed by atoms with Crippen LogP contribution >= 0.6 is 11.8 Å². The lowest BCUT2D eigenvalue weighted by atomic mass is 10.3. The van der Waals surface area contributed by atoms with Gasteiger partial charge in [-0.3, -0.25) is 4.79 Å². The fourth-order valence-corrected chi connectivity index (χ4v) is 1.89. The van der Waals surface area contributed by atoms with Crippen molar-refractivity contribution < 1.29 is 9.21 Å². The minimum absolute atomic E-state index is 0.0683. The number of thioether (sulfide) groups is 1. The highest BCUT2D eigenvalue weighted by atomic mass is 32.2. The average Bonchev–Trinajstić information content (AvgIpc) is 2.64. The molecule has 1 aromatic heterocycles. The molecule has 4 heteroatoms. The van der Waals surface area contributed by atoms with E-state index in [1.807, 2.05) is 14.1 Å². The van der Waals surface area contributed by atoms with E-state index in [9.17, 15) is 4.79 Å². The fraction of sp³-hybridized carbons (Fsp3) is 0.500. The molecule has 78 valence electrons. The van der Waals surface area contributed by atoms with Crippen LogP contribution < -0.4 is 0 Å². The lowest BCUT2D eigenvalue weighted by Crippen LogP contribution is -2.15. The topological polar surface area (TPSA) is 33.5 Å². The molecule has 0 spiro atoms. The second-order valence-corrected chi connectivity index (χ2v) is 4.36. The first-order chi connectivity index (χ1) is 6.70. The molecule has 1 heterocycles. The summed E-state index contributed by atoms with van der Waals surface area (Å²) >= 11 is 1.64. The summed E-state index contributed by atoms with van der Waals surface area (Å²) < 4.78 is 5.00. The molecule has 14 heavy (non-hydrogen) atoms. The van der Waals surface area contributed by atoms with Gasteiger partial charge in [0.2, 0.25) is 5.78 Å². The minimum Gasteiger partial charge on any atom is -0.461 e. The molecule has 0 bridgehead atoms. The van der Waals surface area contributed by atoms with Gasteiger partial charge in [0.05, 0.1) is 12.0 Å². The van der Waals surface area contributed by atoms with Gasteiger partial charge in [-0.05, 0) is 26.2 Å². The standard InChI is InChI=1S/C10H15NO2S/c1-11(2)5-7-14-8-9(12)10-4-3-6-13-10/h3-4,6H,5,7-8H2,1-2H3.